The van der Waals surface area contributed by atoms with E-state index in [1.165, 1.54) is 19.1 Å². The maximum Gasteiger partial charge on any atom is 0.352 e. The minimum atomic E-state index is -1.58. The van der Waals surface area contributed by atoms with E-state index < -0.39 is 17.4 Å². The lowest BCUT2D eigenvalue weighted by Gasteiger charge is -2.34. The van der Waals surface area contributed by atoms with Gasteiger partial charge in [-0.3, -0.25) is 0 Å². The molecule has 0 saturated heterocycles. The van der Waals surface area contributed by atoms with Gasteiger partial charge in [-0.15, -0.1) is 0 Å². The van der Waals surface area contributed by atoms with Crippen LogP contribution in [0.2, 0.25) is 0 Å². The molecule has 2 aromatic rings. The van der Waals surface area contributed by atoms with Crippen LogP contribution in [0.4, 0.5) is 4.39 Å². The summed E-state index contributed by atoms with van der Waals surface area (Å²) in [6.07, 6.45) is 0. The first-order valence-corrected chi connectivity index (χ1v) is 5.84. The van der Waals surface area contributed by atoms with E-state index in [9.17, 15) is 14.3 Å². The molecule has 0 spiro atoms. The van der Waals surface area contributed by atoms with Gasteiger partial charge in [-0.2, -0.15) is 0 Å². The van der Waals surface area contributed by atoms with Crippen molar-refractivity contribution in [1.82, 2.24) is 0 Å². The molecule has 19 heavy (non-hydrogen) atoms. The Hall–Kier alpha value is -2.36. The second-order valence-electron chi connectivity index (χ2n) is 4.63. The van der Waals surface area contributed by atoms with Crippen LogP contribution in [0.5, 0.6) is 5.75 Å². The van der Waals surface area contributed by atoms with Crippen molar-refractivity contribution < 1.29 is 19.0 Å². The molecule has 1 unspecified atom stereocenters. The molecule has 0 radical (unpaired) electrons. The first-order valence-electron chi connectivity index (χ1n) is 5.84. The third-order valence-corrected chi connectivity index (χ3v) is 3.39. The fourth-order valence-electron chi connectivity index (χ4n) is 2.36. The van der Waals surface area contributed by atoms with Gasteiger partial charge < -0.3 is 9.84 Å². The number of fused-ring (bicyclic) bond motifs is 3. The highest BCUT2D eigenvalue weighted by Crippen LogP contribution is 2.45. The van der Waals surface area contributed by atoms with Crippen molar-refractivity contribution in [3.8, 4) is 16.9 Å². The molecule has 3 rings (SSSR count). The lowest BCUT2D eigenvalue weighted by Crippen LogP contribution is -2.41. The van der Waals surface area contributed by atoms with E-state index in [1.807, 2.05) is 12.1 Å². The number of para-hydroxylation sites is 1. The van der Waals surface area contributed by atoms with Crippen molar-refractivity contribution in [2.45, 2.75) is 12.5 Å². The maximum absolute atomic E-state index is 13.4. The molecular weight excluding hydrogens is 247 g/mol. The Morgan fingerprint density at radius 2 is 1.95 bits per heavy atom. The molecule has 4 heteroatoms. The average Bonchev–Trinajstić information content (AvgIpc) is 2.39. The molecule has 1 heterocycles. The van der Waals surface area contributed by atoms with Crippen LogP contribution >= 0.6 is 0 Å². The van der Waals surface area contributed by atoms with Crippen LogP contribution < -0.4 is 4.74 Å². The number of aliphatic carboxylic acids is 1. The minimum Gasteiger partial charge on any atom is -0.478 e. The molecule has 0 aliphatic carbocycles. The highest BCUT2D eigenvalue weighted by Gasteiger charge is 2.43. The van der Waals surface area contributed by atoms with Gasteiger partial charge in [0.1, 0.15) is 11.6 Å². The van der Waals surface area contributed by atoms with Gasteiger partial charge in [0, 0.05) is 11.1 Å². The maximum atomic E-state index is 13.4. The molecule has 0 bridgehead atoms. The van der Waals surface area contributed by atoms with Crippen LogP contribution in [-0.4, -0.2) is 11.1 Å². The molecule has 3 nitrogen and oxygen atoms in total. The Balaban J connectivity index is 2.35. The standard InChI is InChI=1S/C15H11FO3/c1-15(14(17)18)12-8-9(16)6-7-10(12)11-4-2-3-5-13(11)19-15/h2-8H,1H3,(H,17,18). The molecular formula is C15H11FO3. The second-order valence-corrected chi connectivity index (χ2v) is 4.63. The summed E-state index contributed by atoms with van der Waals surface area (Å²) >= 11 is 0. The highest BCUT2D eigenvalue weighted by molar-refractivity contribution is 5.87. The molecule has 0 amide bonds. The van der Waals surface area contributed by atoms with Crippen LogP contribution in [0.1, 0.15) is 12.5 Å². The number of benzene rings is 2. The molecule has 1 N–H and O–H groups in total. The molecule has 2 aromatic carbocycles. The molecule has 1 aliphatic heterocycles. The fraction of sp³-hybridized carbons (Fsp3) is 0.133. The number of carboxylic acids is 1. The Morgan fingerprint density at radius 1 is 1.21 bits per heavy atom. The summed E-state index contributed by atoms with van der Waals surface area (Å²) in [7, 11) is 0. The second kappa shape index (κ2) is 3.82. The summed E-state index contributed by atoms with van der Waals surface area (Å²) in [5.74, 6) is -1.13. The van der Waals surface area contributed by atoms with E-state index in [1.54, 1.807) is 18.2 Å². The molecule has 1 aliphatic rings. The number of ether oxygens (including phenoxy) is 1. The van der Waals surface area contributed by atoms with E-state index in [2.05, 4.69) is 0 Å². The first kappa shape index (κ1) is 11.7. The third kappa shape index (κ3) is 1.60. The van der Waals surface area contributed by atoms with E-state index in [4.69, 9.17) is 4.74 Å². The summed E-state index contributed by atoms with van der Waals surface area (Å²) in [6.45, 7) is 1.43. The zero-order valence-electron chi connectivity index (χ0n) is 10.2. The van der Waals surface area contributed by atoms with Gasteiger partial charge in [-0.25, -0.2) is 9.18 Å². The van der Waals surface area contributed by atoms with E-state index >= 15 is 0 Å². The zero-order chi connectivity index (χ0) is 13.6. The summed E-state index contributed by atoms with van der Waals surface area (Å²) in [6, 6.07) is 11.3. The summed E-state index contributed by atoms with van der Waals surface area (Å²) in [5.41, 5.74) is 0.217. The Bertz CT molecular complexity index is 681. The predicted octanol–water partition coefficient (Wildman–Crippen LogP) is 3.18. The first-order chi connectivity index (χ1) is 9.02. The fourth-order valence-corrected chi connectivity index (χ4v) is 2.36. The molecule has 0 aromatic heterocycles. The van der Waals surface area contributed by atoms with Gasteiger partial charge in [0.05, 0.1) is 0 Å². The summed E-state index contributed by atoms with van der Waals surface area (Å²) in [4.78, 5) is 11.5. The topological polar surface area (TPSA) is 46.5 Å². The monoisotopic (exact) mass is 258 g/mol. The molecule has 1 atom stereocenters. The van der Waals surface area contributed by atoms with Crippen molar-refractivity contribution in [3.05, 3.63) is 53.8 Å². The lowest BCUT2D eigenvalue weighted by molar-refractivity contribution is -0.154. The number of carbonyl (C=O) groups is 1. The van der Waals surface area contributed by atoms with Gasteiger partial charge in [0.2, 0.25) is 5.60 Å². The van der Waals surface area contributed by atoms with E-state index in [0.717, 1.165) is 5.56 Å². The van der Waals surface area contributed by atoms with Crippen LogP contribution in [0.3, 0.4) is 0 Å². The zero-order valence-corrected chi connectivity index (χ0v) is 10.2. The van der Waals surface area contributed by atoms with Crippen molar-refractivity contribution >= 4 is 5.97 Å². The predicted molar refractivity (Wildman–Crippen MR) is 67.5 cm³/mol. The van der Waals surface area contributed by atoms with Crippen molar-refractivity contribution in [2.24, 2.45) is 0 Å². The van der Waals surface area contributed by atoms with E-state index in [-0.39, 0.29) is 0 Å². The van der Waals surface area contributed by atoms with Crippen molar-refractivity contribution in [2.75, 3.05) is 0 Å². The minimum absolute atomic E-state index is 0.332. The molecule has 0 saturated carbocycles. The van der Waals surface area contributed by atoms with Crippen molar-refractivity contribution in [3.63, 3.8) is 0 Å². The largest absolute Gasteiger partial charge is 0.478 e. The molecule has 96 valence electrons. The van der Waals surface area contributed by atoms with Gasteiger partial charge in [-0.1, -0.05) is 24.3 Å². The Morgan fingerprint density at radius 3 is 2.68 bits per heavy atom. The highest BCUT2D eigenvalue weighted by atomic mass is 19.1. The van der Waals surface area contributed by atoms with Gasteiger partial charge in [0.15, 0.2) is 0 Å². The normalized spacial score (nSPS) is 20.1. The lowest BCUT2D eigenvalue weighted by atomic mass is 9.85. The van der Waals surface area contributed by atoms with Crippen LogP contribution in [0.25, 0.3) is 11.1 Å². The van der Waals surface area contributed by atoms with Crippen LogP contribution in [-0.2, 0) is 10.4 Å². The summed E-state index contributed by atoms with van der Waals surface area (Å²) < 4.78 is 19.0. The van der Waals surface area contributed by atoms with Crippen molar-refractivity contribution in [1.29, 1.82) is 0 Å². The van der Waals surface area contributed by atoms with Gasteiger partial charge in [-0.05, 0) is 30.7 Å². The van der Waals surface area contributed by atoms with Crippen LogP contribution in [0, 0.1) is 5.82 Å². The number of halogens is 1. The number of rotatable bonds is 1. The SMILES string of the molecule is CC1(C(=O)O)Oc2ccccc2-c2ccc(F)cc21. The van der Waals surface area contributed by atoms with E-state index in [0.29, 0.717) is 16.9 Å². The average molecular weight is 258 g/mol. The quantitative estimate of drug-likeness (QED) is 0.854. The van der Waals surface area contributed by atoms with Gasteiger partial charge in [0.25, 0.3) is 0 Å². The number of carboxylic acid groups (broad SMARTS) is 1. The smallest absolute Gasteiger partial charge is 0.352 e. The Labute approximate surface area is 109 Å². The molecule has 0 fully saturated rings. The number of hydrogen-bond acceptors (Lipinski definition) is 2. The Kier molecular flexibility index (Phi) is 2.35. The third-order valence-electron chi connectivity index (χ3n) is 3.39. The van der Waals surface area contributed by atoms with Crippen LogP contribution in [0.15, 0.2) is 42.5 Å². The summed E-state index contributed by atoms with van der Waals surface area (Å²) in [5, 5.41) is 9.41. The van der Waals surface area contributed by atoms with Gasteiger partial charge >= 0.3 is 5.97 Å². The number of hydrogen-bond donors (Lipinski definition) is 1.